The molecule has 5 nitrogen and oxygen atoms in total. The predicted molar refractivity (Wildman–Crippen MR) is 67.6 cm³/mol. The number of benzene rings is 1. The SMILES string of the molecule is NCc1ncn(CCOc2ccc(Br)cc2)n1. The van der Waals surface area contributed by atoms with E-state index in [1.54, 1.807) is 11.0 Å². The smallest absolute Gasteiger partial charge is 0.164 e. The van der Waals surface area contributed by atoms with Gasteiger partial charge in [0.15, 0.2) is 5.82 Å². The summed E-state index contributed by atoms with van der Waals surface area (Å²) in [5.74, 6) is 1.49. The molecule has 0 fully saturated rings. The average Bonchev–Trinajstić information content (AvgIpc) is 2.80. The minimum Gasteiger partial charge on any atom is -0.492 e. The lowest BCUT2D eigenvalue weighted by atomic mass is 10.3. The zero-order valence-corrected chi connectivity index (χ0v) is 10.8. The van der Waals surface area contributed by atoms with Crippen molar-refractivity contribution >= 4 is 15.9 Å². The van der Waals surface area contributed by atoms with Crippen molar-refractivity contribution in [3.63, 3.8) is 0 Å². The van der Waals surface area contributed by atoms with Crippen molar-refractivity contribution < 1.29 is 4.74 Å². The third-order valence-corrected chi connectivity index (χ3v) is 2.70. The van der Waals surface area contributed by atoms with E-state index < -0.39 is 0 Å². The summed E-state index contributed by atoms with van der Waals surface area (Å²) >= 11 is 3.37. The molecule has 1 heterocycles. The maximum atomic E-state index is 5.57. The summed E-state index contributed by atoms with van der Waals surface area (Å²) < 4.78 is 8.33. The monoisotopic (exact) mass is 296 g/mol. The van der Waals surface area contributed by atoms with Crippen LogP contribution in [0.3, 0.4) is 0 Å². The van der Waals surface area contributed by atoms with Crippen LogP contribution < -0.4 is 10.5 Å². The van der Waals surface area contributed by atoms with E-state index in [0.717, 1.165) is 10.2 Å². The summed E-state index contributed by atoms with van der Waals surface area (Å²) in [6, 6.07) is 7.71. The van der Waals surface area contributed by atoms with Crippen LogP contribution in [0.2, 0.25) is 0 Å². The van der Waals surface area contributed by atoms with Crippen LogP contribution in [-0.4, -0.2) is 21.4 Å². The van der Waals surface area contributed by atoms with Crippen molar-refractivity contribution in [2.24, 2.45) is 5.73 Å². The highest BCUT2D eigenvalue weighted by molar-refractivity contribution is 9.10. The van der Waals surface area contributed by atoms with Crippen molar-refractivity contribution in [3.05, 3.63) is 40.9 Å². The zero-order valence-electron chi connectivity index (χ0n) is 9.21. The Labute approximate surface area is 108 Å². The maximum Gasteiger partial charge on any atom is 0.164 e. The highest BCUT2D eigenvalue weighted by atomic mass is 79.9. The van der Waals surface area contributed by atoms with Crippen molar-refractivity contribution in [1.82, 2.24) is 14.8 Å². The Kier molecular flexibility index (Phi) is 4.11. The van der Waals surface area contributed by atoms with E-state index in [1.807, 2.05) is 24.3 Å². The molecular formula is C11H13BrN4O. The fourth-order valence-electron chi connectivity index (χ4n) is 1.32. The topological polar surface area (TPSA) is 66.0 Å². The number of hydrogen-bond acceptors (Lipinski definition) is 4. The molecule has 0 aliphatic carbocycles. The number of rotatable bonds is 5. The number of aromatic nitrogens is 3. The summed E-state index contributed by atoms with van der Waals surface area (Å²) in [6.07, 6.45) is 1.66. The van der Waals surface area contributed by atoms with Crippen LogP contribution in [0.25, 0.3) is 0 Å². The number of nitrogens with two attached hydrogens (primary N) is 1. The van der Waals surface area contributed by atoms with Crippen LogP contribution in [0.1, 0.15) is 5.82 Å². The molecule has 0 radical (unpaired) electrons. The Hall–Kier alpha value is -1.40. The van der Waals surface area contributed by atoms with Crippen LogP contribution in [0.4, 0.5) is 0 Å². The molecule has 6 heteroatoms. The van der Waals surface area contributed by atoms with Gasteiger partial charge in [0, 0.05) is 4.47 Å². The Balaban J connectivity index is 1.81. The van der Waals surface area contributed by atoms with Crippen LogP contribution in [0.15, 0.2) is 35.1 Å². The van der Waals surface area contributed by atoms with Gasteiger partial charge in [0.2, 0.25) is 0 Å². The number of nitrogens with zero attached hydrogens (tertiary/aromatic N) is 3. The van der Waals surface area contributed by atoms with Crippen molar-refractivity contribution in [2.45, 2.75) is 13.1 Å². The molecule has 90 valence electrons. The first-order valence-corrected chi connectivity index (χ1v) is 6.04. The normalized spacial score (nSPS) is 10.5. The fourth-order valence-corrected chi connectivity index (χ4v) is 1.59. The lowest BCUT2D eigenvalue weighted by Crippen LogP contribution is -2.09. The second-order valence-corrected chi connectivity index (χ2v) is 4.35. The van der Waals surface area contributed by atoms with Crippen LogP contribution in [0.5, 0.6) is 5.75 Å². The third-order valence-electron chi connectivity index (χ3n) is 2.17. The molecule has 17 heavy (non-hydrogen) atoms. The quantitative estimate of drug-likeness (QED) is 0.910. The Morgan fingerprint density at radius 3 is 2.71 bits per heavy atom. The van der Waals surface area contributed by atoms with E-state index >= 15 is 0 Å². The van der Waals surface area contributed by atoms with Gasteiger partial charge in [-0.2, -0.15) is 5.10 Å². The molecule has 0 spiro atoms. The molecule has 0 saturated heterocycles. The van der Waals surface area contributed by atoms with E-state index in [2.05, 4.69) is 26.0 Å². The predicted octanol–water partition coefficient (Wildman–Crippen LogP) is 1.58. The minimum atomic E-state index is 0.362. The molecule has 1 aromatic carbocycles. The van der Waals surface area contributed by atoms with Gasteiger partial charge < -0.3 is 10.5 Å². The number of halogens is 1. The zero-order chi connectivity index (χ0) is 12.1. The van der Waals surface area contributed by atoms with Gasteiger partial charge in [0.1, 0.15) is 18.7 Å². The van der Waals surface area contributed by atoms with Gasteiger partial charge in [-0.3, -0.25) is 0 Å². The van der Waals surface area contributed by atoms with Gasteiger partial charge >= 0.3 is 0 Å². The summed E-state index contributed by atoms with van der Waals surface area (Å²) in [7, 11) is 0. The summed E-state index contributed by atoms with van der Waals surface area (Å²) in [4.78, 5) is 4.04. The van der Waals surface area contributed by atoms with E-state index in [4.69, 9.17) is 10.5 Å². The molecule has 0 atom stereocenters. The third kappa shape index (κ3) is 3.54. The molecule has 0 amide bonds. The molecule has 0 saturated carbocycles. The molecule has 2 rings (SSSR count). The minimum absolute atomic E-state index is 0.362. The van der Waals surface area contributed by atoms with E-state index in [9.17, 15) is 0 Å². The van der Waals surface area contributed by atoms with Crippen molar-refractivity contribution in [2.75, 3.05) is 6.61 Å². The van der Waals surface area contributed by atoms with Gasteiger partial charge in [-0.15, -0.1) is 0 Å². The fraction of sp³-hybridized carbons (Fsp3) is 0.273. The number of ether oxygens (including phenoxy) is 1. The summed E-state index contributed by atoms with van der Waals surface area (Å²) in [5, 5.41) is 4.17. The van der Waals surface area contributed by atoms with E-state index in [1.165, 1.54) is 0 Å². The van der Waals surface area contributed by atoms with Crippen LogP contribution >= 0.6 is 15.9 Å². The highest BCUT2D eigenvalue weighted by Crippen LogP contribution is 2.15. The van der Waals surface area contributed by atoms with Crippen LogP contribution in [-0.2, 0) is 13.1 Å². The lowest BCUT2D eigenvalue weighted by molar-refractivity contribution is 0.291. The Bertz CT molecular complexity index is 469. The maximum absolute atomic E-state index is 5.57. The average molecular weight is 297 g/mol. The van der Waals surface area contributed by atoms with E-state index in [0.29, 0.717) is 25.5 Å². The van der Waals surface area contributed by atoms with Gasteiger partial charge in [-0.1, -0.05) is 15.9 Å². The first-order chi connectivity index (χ1) is 8.28. The molecule has 2 aromatic rings. The molecular weight excluding hydrogens is 284 g/mol. The Morgan fingerprint density at radius 1 is 1.29 bits per heavy atom. The van der Waals surface area contributed by atoms with Gasteiger partial charge in [0.05, 0.1) is 13.1 Å². The van der Waals surface area contributed by atoms with Crippen molar-refractivity contribution in [1.29, 1.82) is 0 Å². The van der Waals surface area contributed by atoms with Crippen LogP contribution in [0, 0.1) is 0 Å². The highest BCUT2D eigenvalue weighted by Gasteiger charge is 1.98. The van der Waals surface area contributed by atoms with Gasteiger partial charge in [-0.05, 0) is 24.3 Å². The first-order valence-electron chi connectivity index (χ1n) is 5.24. The molecule has 0 aliphatic heterocycles. The van der Waals surface area contributed by atoms with Gasteiger partial charge in [-0.25, -0.2) is 9.67 Å². The first kappa shape index (κ1) is 12.1. The molecule has 0 unspecified atom stereocenters. The molecule has 1 aromatic heterocycles. The summed E-state index contributed by atoms with van der Waals surface area (Å²) in [6.45, 7) is 1.57. The number of hydrogen-bond donors (Lipinski definition) is 1. The molecule has 2 N–H and O–H groups in total. The lowest BCUT2D eigenvalue weighted by Gasteiger charge is -2.05. The second kappa shape index (κ2) is 5.79. The second-order valence-electron chi connectivity index (χ2n) is 3.43. The van der Waals surface area contributed by atoms with Crippen molar-refractivity contribution in [3.8, 4) is 5.75 Å². The standard InChI is InChI=1S/C11H13BrN4O/c12-9-1-3-10(4-2-9)17-6-5-16-8-14-11(7-13)15-16/h1-4,8H,5-7,13H2. The summed E-state index contributed by atoms with van der Waals surface area (Å²) in [5.41, 5.74) is 5.42. The Morgan fingerprint density at radius 2 is 2.06 bits per heavy atom. The van der Waals surface area contributed by atoms with E-state index in [-0.39, 0.29) is 0 Å². The molecule has 0 bridgehead atoms. The largest absolute Gasteiger partial charge is 0.492 e. The van der Waals surface area contributed by atoms with Gasteiger partial charge in [0.25, 0.3) is 0 Å². The molecule has 0 aliphatic rings.